The first-order valence-electron chi connectivity index (χ1n) is 5.89. The van der Waals surface area contributed by atoms with E-state index in [2.05, 4.69) is 16.9 Å². The molecule has 2 rings (SSSR count). The molecule has 1 aliphatic heterocycles. The number of anilines is 1. The highest BCUT2D eigenvalue weighted by Gasteiger charge is 2.19. The zero-order valence-corrected chi connectivity index (χ0v) is 10.1. The molecule has 1 aliphatic rings. The first-order valence-corrected chi connectivity index (χ1v) is 5.89. The Morgan fingerprint density at radius 1 is 1.33 bits per heavy atom. The number of nitrogens with one attached hydrogen (secondary N) is 1. The van der Waals surface area contributed by atoms with Crippen molar-refractivity contribution in [2.75, 3.05) is 18.4 Å². The Hall–Kier alpha value is -2.17. The third-order valence-corrected chi connectivity index (χ3v) is 2.84. The lowest BCUT2D eigenvalue weighted by molar-refractivity contribution is -0.111. The standard InChI is InChI=1S/C13H15N3O2/c1-2-12(17)15-11-6-5-10(9-14-11)13(18)16-7-3-4-8-16/h2,5-6,9H,1,3-4,7-8H2,(H,14,15,17). The van der Waals surface area contributed by atoms with Crippen molar-refractivity contribution >= 4 is 17.6 Å². The molecule has 1 N–H and O–H groups in total. The first-order chi connectivity index (χ1) is 8.70. The van der Waals surface area contributed by atoms with Gasteiger partial charge in [0.2, 0.25) is 5.91 Å². The van der Waals surface area contributed by atoms with Crippen LogP contribution in [0.4, 0.5) is 5.82 Å². The molecular formula is C13H15N3O2. The van der Waals surface area contributed by atoms with E-state index < -0.39 is 0 Å². The van der Waals surface area contributed by atoms with Crippen molar-refractivity contribution < 1.29 is 9.59 Å². The minimum Gasteiger partial charge on any atom is -0.339 e. The van der Waals surface area contributed by atoms with Crippen LogP contribution in [0.2, 0.25) is 0 Å². The van der Waals surface area contributed by atoms with Crippen LogP contribution in [0.5, 0.6) is 0 Å². The van der Waals surface area contributed by atoms with Gasteiger partial charge < -0.3 is 10.2 Å². The topological polar surface area (TPSA) is 62.3 Å². The summed E-state index contributed by atoms with van der Waals surface area (Å²) in [5.74, 6) is 0.0978. The number of aromatic nitrogens is 1. The SMILES string of the molecule is C=CC(=O)Nc1ccc(C(=O)N2CCCC2)cn1. The number of hydrogen-bond donors (Lipinski definition) is 1. The zero-order valence-electron chi connectivity index (χ0n) is 10.1. The summed E-state index contributed by atoms with van der Waals surface area (Å²) < 4.78 is 0. The van der Waals surface area contributed by atoms with Crippen molar-refractivity contribution in [1.82, 2.24) is 9.88 Å². The molecule has 0 bridgehead atoms. The van der Waals surface area contributed by atoms with Gasteiger partial charge in [-0.2, -0.15) is 0 Å². The van der Waals surface area contributed by atoms with Gasteiger partial charge in [-0.1, -0.05) is 6.58 Å². The number of nitrogens with zero attached hydrogens (tertiary/aromatic N) is 2. The fourth-order valence-corrected chi connectivity index (χ4v) is 1.87. The average molecular weight is 245 g/mol. The maximum Gasteiger partial charge on any atom is 0.255 e. The van der Waals surface area contributed by atoms with Gasteiger partial charge in [-0.15, -0.1) is 0 Å². The molecule has 5 nitrogen and oxygen atoms in total. The van der Waals surface area contributed by atoms with Crippen molar-refractivity contribution in [3.63, 3.8) is 0 Å². The molecule has 0 aliphatic carbocycles. The predicted octanol–water partition coefficient (Wildman–Crippen LogP) is 1.44. The van der Waals surface area contributed by atoms with E-state index in [0.29, 0.717) is 11.4 Å². The lowest BCUT2D eigenvalue weighted by Gasteiger charge is -2.14. The van der Waals surface area contributed by atoms with Crippen LogP contribution in [-0.4, -0.2) is 34.8 Å². The summed E-state index contributed by atoms with van der Waals surface area (Å²) in [5.41, 5.74) is 0.550. The largest absolute Gasteiger partial charge is 0.339 e. The molecule has 5 heteroatoms. The second-order valence-corrected chi connectivity index (χ2v) is 4.12. The molecule has 0 radical (unpaired) electrons. The Morgan fingerprint density at radius 3 is 2.61 bits per heavy atom. The van der Waals surface area contributed by atoms with Gasteiger partial charge in [-0.3, -0.25) is 9.59 Å². The number of rotatable bonds is 3. The van der Waals surface area contributed by atoms with Crippen LogP contribution in [0.3, 0.4) is 0 Å². The van der Waals surface area contributed by atoms with Gasteiger partial charge in [0.05, 0.1) is 5.56 Å². The second kappa shape index (κ2) is 5.44. The van der Waals surface area contributed by atoms with E-state index >= 15 is 0 Å². The van der Waals surface area contributed by atoms with E-state index in [-0.39, 0.29) is 11.8 Å². The summed E-state index contributed by atoms with van der Waals surface area (Å²) in [4.78, 5) is 28.9. The third kappa shape index (κ3) is 2.74. The molecule has 2 heterocycles. The Morgan fingerprint density at radius 2 is 2.06 bits per heavy atom. The highest BCUT2D eigenvalue weighted by molar-refractivity contribution is 5.98. The monoisotopic (exact) mass is 245 g/mol. The minimum absolute atomic E-state index is 0.00148. The quantitative estimate of drug-likeness (QED) is 0.820. The molecule has 0 saturated carbocycles. The number of amides is 2. The van der Waals surface area contributed by atoms with Gasteiger partial charge in [0.15, 0.2) is 0 Å². The molecule has 2 amide bonds. The van der Waals surface area contributed by atoms with Crippen LogP contribution in [0.15, 0.2) is 31.0 Å². The highest BCUT2D eigenvalue weighted by Crippen LogP contribution is 2.13. The molecule has 1 aromatic rings. The van der Waals surface area contributed by atoms with Crippen LogP contribution in [-0.2, 0) is 4.79 Å². The molecule has 0 aromatic carbocycles. The van der Waals surface area contributed by atoms with Crippen molar-refractivity contribution in [3.05, 3.63) is 36.5 Å². The van der Waals surface area contributed by atoms with Gasteiger partial charge in [0.25, 0.3) is 5.91 Å². The third-order valence-electron chi connectivity index (χ3n) is 2.84. The number of pyridine rings is 1. The number of carbonyl (C=O) groups excluding carboxylic acids is 2. The molecule has 0 spiro atoms. The number of carbonyl (C=O) groups is 2. The van der Waals surface area contributed by atoms with E-state index in [1.54, 1.807) is 12.1 Å². The van der Waals surface area contributed by atoms with Crippen molar-refractivity contribution in [3.8, 4) is 0 Å². The van der Waals surface area contributed by atoms with Gasteiger partial charge >= 0.3 is 0 Å². The van der Waals surface area contributed by atoms with E-state index in [9.17, 15) is 9.59 Å². The summed E-state index contributed by atoms with van der Waals surface area (Å²) in [5, 5.41) is 2.53. The van der Waals surface area contributed by atoms with Crippen LogP contribution < -0.4 is 5.32 Å². The molecule has 0 unspecified atom stereocenters. The molecular weight excluding hydrogens is 230 g/mol. The molecule has 1 fully saturated rings. The second-order valence-electron chi connectivity index (χ2n) is 4.12. The van der Waals surface area contributed by atoms with Gasteiger partial charge in [0, 0.05) is 19.3 Å². The van der Waals surface area contributed by atoms with Crippen LogP contribution in [0.1, 0.15) is 23.2 Å². The predicted molar refractivity (Wildman–Crippen MR) is 68.2 cm³/mol. The van der Waals surface area contributed by atoms with Gasteiger partial charge in [-0.05, 0) is 31.1 Å². The summed E-state index contributed by atoms with van der Waals surface area (Å²) in [6.45, 7) is 4.98. The fourth-order valence-electron chi connectivity index (χ4n) is 1.87. The average Bonchev–Trinajstić information content (AvgIpc) is 2.92. The number of hydrogen-bond acceptors (Lipinski definition) is 3. The molecule has 1 saturated heterocycles. The maximum atomic E-state index is 12.0. The van der Waals surface area contributed by atoms with Crippen molar-refractivity contribution in [2.45, 2.75) is 12.8 Å². The first kappa shape index (κ1) is 12.3. The Bertz CT molecular complexity index is 462. The Balaban J connectivity index is 2.04. The summed E-state index contributed by atoms with van der Waals surface area (Å²) in [6.07, 6.45) is 4.78. The van der Waals surface area contributed by atoms with Crippen LogP contribution >= 0.6 is 0 Å². The lowest BCUT2D eigenvalue weighted by atomic mass is 10.2. The van der Waals surface area contributed by atoms with E-state index in [1.807, 2.05) is 4.90 Å². The maximum absolute atomic E-state index is 12.0. The summed E-state index contributed by atoms with van der Waals surface area (Å²) >= 11 is 0. The van der Waals surface area contributed by atoms with Crippen LogP contribution in [0, 0.1) is 0 Å². The lowest BCUT2D eigenvalue weighted by Crippen LogP contribution is -2.27. The van der Waals surface area contributed by atoms with E-state index in [1.165, 1.54) is 12.3 Å². The minimum atomic E-state index is -0.318. The van der Waals surface area contributed by atoms with Gasteiger partial charge in [-0.25, -0.2) is 4.98 Å². The fraction of sp³-hybridized carbons (Fsp3) is 0.308. The molecule has 0 atom stereocenters. The van der Waals surface area contributed by atoms with Gasteiger partial charge in [0.1, 0.15) is 5.82 Å². The Kier molecular flexibility index (Phi) is 3.72. The smallest absolute Gasteiger partial charge is 0.255 e. The van der Waals surface area contributed by atoms with Crippen molar-refractivity contribution in [1.29, 1.82) is 0 Å². The summed E-state index contributed by atoms with van der Waals surface area (Å²) in [7, 11) is 0. The van der Waals surface area contributed by atoms with Crippen LogP contribution in [0.25, 0.3) is 0 Å². The normalized spacial score (nSPS) is 14.3. The molecule has 18 heavy (non-hydrogen) atoms. The van der Waals surface area contributed by atoms with Crippen molar-refractivity contribution in [2.24, 2.45) is 0 Å². The number of likely N-dealkylation sites (tertiary alicyclic amines) is 1. The Labute approximate surface area is 106 Å². The summed E-state index contributed by atoms with van der Waals surface area (Å²) in [6, 6.07) is 3.29. The molecule has 1 aromatic heterocycles. The van der Waals surface area contributed by atoms with E-state index in [0.717, 1.165) is 25.9 Å². The highest BCUT2D eigenvalue weighted by atomic mass is 16.2. The molecule has 94 valence electrons. The van der Waals surface area contributed by atoms with E-state index in [4.69, 9.17) is 0 Å². The zero-order chi connectivity index (χ0) is 13.0.